The Morgan fingerprint density at radius 3 is 2.65 bits per heavy atom. The lowest BCUT2D eigenvalue weighted by atomic mass is 10.1. The molecule has 5 nitrogen and oxygen atoms in total. The van der Waals surface area contributed by atoms with Gasteiger partial charge in [0, 0.05) is 18.7 Å². The second-order valence-corrected chi connectivity index (χ2v) is 4.48. The second kappa shape index (κ2) is 4.01. The summed E-state index contributed by atoms with van der Waals surface area (Å²) in [5.74, 6) is 0.498. The summed E-state index contributed by atoms with van der Waals surface area (Å²) in [5, 5.41) is 4.12. The first-order valence-electron chi connectivity index (χ1n) is 6.00. The number of para-hydroxylation sites is 1. The Hall–Kier alpha value is -1.59. The first-order chi connectivity index (χ1) is 8.27. The maximum atomic E-state index is 6.28. The zero-order valence-corrected chi connectivity index (χ0v) is 9.71. The Morgan fingerprint density at radius 1 is 1.18 bits per heavy atom. The first-order valence-corrected chi connectivity index (χ1v) is 6.00. The third-order valence-corrected chi connectivity index (χ3v) is 3.38. The molecule has 0 amide bonds. The predicted molar refractivity (Wildman–Crippen MR) is 67.3 cm³/mol. The summed E-state index contributed by atoms with van der Waals surface area (Å²) >= 11 is 0. The highest BCUT2D eigenvalue weighted by Crippen LogP contribution is 2.32. The molecular formula is C12H17N5. The molecule has 2 aliphatic rings. The molecule has 1 fully saturated rings. The number of hydrogen-bond donors (Lipinski definition) is 2. The molecule has 1 saturated heterocycles. The van der Waals surface area contributed by atoms with E-state index in [1.165, 1.54) is 12.8 Å². The summed E-state index contributed by atoms with van der Waals surface area (Å²) in [6, 6.07) is 7.90. The van der Waals surface area contributed by atoms with Crippen LogP contribution < -0.4 is 11.5 Å². The van der Waals surface area contributed by atoms with Gasteiger partial charge in [-0.1, -0.05) is 18.2 Å². The van der Waals surface area contributed by atoms with Gasteiger partial charge in [-0.05, 0) is 18.9 Å². The van der Waals surface area contributed by atoms with E-state index in [2.05, 4.69) is 10.0 Å². The maximum absolute atomic E-state index is 6.28. The summed E-state index contributed by atoms with van der Waals surface area (Å²) < 4.78 is 0. The van der Waals surface area contributed by atoms with E-state index in [0.29, 0.717) is 5.96 Å². The van der Waals surface area contributed by atoms with Crippen LogP contribution in [0.2, 0.25) is 0 Å². The molecule has 0 saturated carbocycles. The highest BCUT2D eigenvalue weighted by Gasteiger charge is 2.31. The van der Waals surface area contributed by atoms with Crippen LogP contribution in [0.3, 0.4) is 0 Å². The normalized spacial score (nSPS) is 24.6. The molecule has 0 aromatic heterocycles. The number of nitrogens with zero attached hydrogens (tertiary/aromatic N) is 3. The van der Waals surface area contributed by atoms with Crippen LogP contribution in [-0.2, 0) is 0 Å². The minimum atomic E-state index is -0.221. The molecule has 5 heteroatoms. The van der Waals surface area contributed by atoms with Crippen molar-refractivity contribution in [3.63, 3.8) is 0 Å². The highest BCUT2D eigenvalue weighted by molar-refractivity contribution is 5.83. The molecule has 0 spiro atoms. The summed E-state index contributed by atoms with van der Waals surface area (Å²) in [7, 11) is 0. The Balaban J connectivity index is 1.98. The Morgan fingerprint density at radius 2 is 1.88 bits per heavy atom. The predicted octanol–water partition coefficient (Wildman–Crippen LogP) is 0.916. The van der Waals surface area contributed by atoms with Gasteiger partial charge in [0.2, 0.25) is 5.96 Å². The Labute approximate surface area is 101 Å². The van der Waals surface area contributed by atoms with Crippen molar-refractivity contribution >= 4 is 11.6 Å². The lowest BCUT2D eigenvalue weighted by Crippen LogP contribution is -2.54. The number of fused-ring (bicyclic) bond motifs is 1. The number of benzene rings is 1. The smallest absolute Gasteiger partial charge is 0.213 e. The molecule has 0 aliphatic carbocycles. The molecule has 2 aliphatic heterocycles. The van der Waals surface area contributed by atoms with E-state index in [1.54, 1.807) is 0 Å². The third-order valence-electron chi connectivity index (χ3n) is 3.38. The number of aliphatic imine (C=N–C) groups is 1. The zero-order valence-electron chi connectivity index (χ0n) is 9.71. The van der Waals surface area contributed by atoms with E-state index < -0.39 is 0 Å². The number of rotatable bonds is 1. The third kappa shape index (κ3) is 1.67. The van der Waals surface area contributed by atoms with Crippen LogP contribution in [0, 0.1) is 0 Å². The topological polar surface area (TPSA) is 70.9 Å². The monoisotopic (exact) mass is 231 g/mol. The van der Waals surface area contributed by atoms with Crippen LogP contribution in [-0.4, -0.2) is 29.1 Å². The van der Waals surface area contributed by atoms with Crippen LogP contribution in [0.25, 0.3) is 0 Å². The van der Waals surface area contributed by atoms with Crippen LogP contribution in [0.5, 0.6) is 0 Å². The standard InChI is InChI=1S/C12H17N5/c13-11-9-5-1-2-6-10(9)15-12(14)17(11)16-7-3-4-8-16/h1-2,5-6,11H,3-4,7-8,13H2,(H2,14,15). The van der Waals surface area contributed by atoms with Crippen molar-refractivity contribution in [3.05, 3.63) is 29.8 Å². The summed E-state index contributed by atoms with van der Waals surface area (Å²) in [5.41, 5.74) is 14.2. The van der Waals surface area contributed by atoms with E-state index in [9.17, 15) is 0 Å². The average molecular weight is 231 g/mol. The highest BCUT2D eigenvalue weighted by atomic mass is 15.7. The molecule has 1 atom stereocenters. The Bertz CT molecular complexity index is 450. The fourth-order valence-corrected chi connectivity index (χ4v) is 2.53. The zero-order chi connectivity index (χ0) is 11.8. The van der Waals surface area contributed by atoms with E-state index >= 15 is 0 Å². The van der Waals surface area contributed by atoms with Gasteiger partial charge in [-0.2, -0.15) is 0 Å². The number of hydrazine groups is 1. The quantitative estimate of drug-likeness (QED) is 0.754. The van der Waals surface area contributed by atoms with Crippen molar-refractivity contribution in [2.45, 2.75) is 19.0 Å². The minimum Gasteiger partial charge on any atom is -0.368 e. The molecule has 3 rings (SSSR count). The van der Waals surface area contributed by atoms with Crippen molar-refractivity contribution < 1.29 is 0 Å². The second-order valence-electron chi connectivity index (χ2n) is 4.48. The number of hydrogen-bond acceptors (Lipinski definition) is 5. The van der Waals surface area contributed by atoms with Crippen molar-refractivity contribution in [2.75, 3.05) is 13.1 Å². The van der Waals surface area contributed by atoms with E-state index in [4.69, 9.17) is 11.5 Å². The SMILES string of the molecule is NC1=Nc2ccccc2C(N)N1N1CCCC1. The fraction of sp³-hybridized carbons (Fsp3) is 0.417. The van der Waals surface area contributed by atoms with Gasteiger partial charge in [0.25, 0.3) is 0 Å². The van der Waals surface area contributed by atoms with Crippen LogP contribution in [0.4, 0.5) is 5.69 Å². The molecule has 1 aromatic carbocycles. The molecule has 0 radical (unpaired) electrons. The van der Waals surface area contributed by atoms with E-state index in [-0.39, 0.29) is 6.17 Å². The fourth-order valence-electron chi connectivity index (χ4n) is 2.53. The minimum absolute atomic E-state index is 0.221. The van der Waals surface area contributed by atoms with Crippen molar-refractivity contribution in [2.24, 2.45) is 16.5 Å². The van der Waals surface area contributed by atoms with Crippen molar-refractivity contribution in [1.29, 1.82) is 0 Å². The van der Waals surface area contributed by atoms with Gasteiger partial charge in [-0.25, -0.2) is 10.0 Å². The van der Waals surface area contributed by atoms with Gasteiger partial charge in [0.05, 0.1) is 5.69 Å². The van der Waals surface area contributed by atoms with Crippen LogP contribution >= 0.6 is 0 Å². The van der Waals surface area contributed by atoms with Gasteiger partial charge in [-0.3, -0.25) is 5.01 Å². The van der Waals surface area contributed by atoms with Crippen LogP contribution in [0.1, 0.15) is 24.6 Å². The average Bonchev–Trinajstić information content (AvgIpc) is 2.83. The lowest BCUT2D eigenvalue weighted by Gasteiger charge is -2.39. The number of nitrogens with two attached hydrogens (primary N) is 2. The summed E-state index contributed by atoms with van der Waals surface area (Å²) in [6.45, 7) is 2.01. The van der Waals surface area contributed by atoms with Gasteiger partial charge < -0.3 is 11.5 Å². The van der Waals surface area contributed by atoms with E-state index in [1.807, 2.05) is 29.3 Å². The molecule has 1 aromatic rings. The van der Waals surface area contributed by atoms with Gasteiger partial charge in [0.15, 0.2) is 0 Å². The number of guanidine groups is 1. The van der Waals surface area contributed by atoms with Crippen molar-refractivity contribution in [3.8, 4) is 0 Å². The molecule has 2 heterocycles. The van der Waals surface area contributed by atoms with Gasteiger partial charge >= 0.3 is 0 Å². The molecule has 17 heavy (non-hydrogen) atoms. The lowest BCUT2D eigenvalue weighted by molar-refractivity contribution is 0.0294. The first kappa shape index (κ1) is 10.6. The molecule has 1 unspecified atom stereocenters. The Kier molecular flexibility index (Phi) is 2.49. The summed E-state index contributed by atoms with van der Waals surface area (Å²) in [6.07, 6.45) is 2.16. The maximum Gasteiger partial charge on any atom is 0.213 e. The molecule has 4 N–H and O–H groups in total. The van der Waals surface area contributed by atoms with Crippen LogP contribution in [0.15, 0.2) is 29.3 Å². The molecule has 90 valence electrons. The van der Waals surface area contributed by atoms with Gasteiger partial charge in [-0.15, -0.1) is 0 Å². The van der Waals surface area contributed by atoms with Crippen molar-refractivity contribution in [1.82, 2.24) is 10.0 Å². The summed E-state index contributed by atoms with van der Waals surface area (Å²) in [4.78, 5) is 4.42. The molecule has 0 bridgehead atoms. The van der Waals surface area contributed by atoms with Gasteiger partial charge in [0.1, 0.15) is 6.17 Å². The van der Waals surface area contributed by atoms with E-state index in [0.717, 1.165) is 24.3 Å². The molecular weight excluding hydrogens is 214 g/mol. The largest absolute Gasteiger partial charge is 0.368 e.